The Labute approximate surface area is 228 Å². The molecule has 1 fully saturated rings. The van der Waals surface area contributed by atoms with Gasteiger partial charge in [0, 0.05) is 30.1 Å². The highest BCUT2D eigenvalue weighted by Gasteiger charge is 2.51. The van der Waals surface area contributed by atoms with E-state index in [0.29, 0.717) is 44.8 Å². The van der Waals surface area contributed by atoms with Crippen molar-refractivity contribution in [2.75, 3.05) is 26.5 Å². The van der Waals surface area contributed by atoms with Crippen molar-refractivity contribution in [3.63, 3.8) is 0 Å². The van der Waals surface area contributed by atoms with Crippen LogP contribution in [0.15, 0.2) is 83.8 Å². The summed E-state index contributed by atoms with van der Waals surface area (Å²) in [5.74, 6) is 0.325. The van der Waals surface area contributed by atoms with Gasteiger partial charge in [0.05, 0.1) is 6.61 Å². The number of rotatable bonds is 12. The van der Waals surface area contributed by atoms with Crippen molar-refractivity contribution in [2.24, 2.45) is 5.73 Å². The van der Waals surface area contributed by atoms with Crippen LogP contribution < -0.4 is 10.5 Å². The van der Waals surface area contributed by atoms with Crippen molar-refractivity contribution >= 4 is 29.4 Å². The van der Waals surface area contributed by atoms with Crippen molar-refractivity contribution in [2.45, 2.75) is 42.2 Å². The first-order valence-corrected chi connectivity index (χ1v) is 16.4. The van der Waals surface area contributed by atoms with Crippen LogP contribution in [0.25, 0.3) is 11.1 Å². The van der Waals surface area contributed by atoms with Crippen molar-refractivity contribution < 1.29 is 23.6 Å². The quantitative estimate of drug-likeness (QED) is 0.151. The zero-order valence-electron chi connectivity index (χ0n) is 21.6. The molecular formula is C30H34NO5PS. The molecule has 0 spiro atoms. The predicted octanol–water partition coefficient (Wildman–Crippen LogP) is 6.82. The van der Waals surface area contributed by atoms with Crippen LogP contribution in [0.4, 0.5) is 0 Å². The summed E-state index contributed by atoms with van der Waals surface area (Å²) in [6.07, 6.45) is -0.266. The summed E-state index contributed by atoms with van der Waals surface area (Å²) in [6.45, 7) is 2.93. The SMILES string of the molecule is CP(=O)(Sc1ccc(OCCCCC(=O)c2cccc(-c3ccccc3)c2)cc1)C1(C(N)=O)CCOCC1. The maximum absolute atomic E-state index is 13.6. The molecule has 0 saturated carbocycles. The van der Waals surface area contributed by atoms with Crippen molar-refractivity contribution in [3.8, 4) is 16.9 Å². The number of nitrogens with two attached hydrogens (primary N) is 1. The minimum atomic E-state index is -2.99. The van der Waals surface area contributed by atoms with Crippen LogP contribution in [-0.4, -0.2) is 43.3 Å². The molecule has 1 saturated heterocycles. The van der Waals surface area contributed by atoms with E-state index in [1.807, 2.05) is 78.9 Å². The Morgan fingerprint density at radius 3 is 2.32 bits per heavy atom. The van der Waals surface area contributed by atoms with E-state index in [1.165, 1.54) is 11.4 Å². The highest BCUT2D eigenvalue weighted by molar-refractivity contribution is 8.58. The molecule has 1 aliphatic heterocycles. The summed E-state index contributed by atoms with van der Waals surface area (Å²) in [4.78, 5) is 25.8. The Kier molecular flexibility index (Phi) is 9.48. The highest BCUT2D eigenvalue weighted by atomic mass is 32.7. The first-order chi connectivity index (χ1) is 18.3. The number of benzene rings is 3. The molecule has 4 rings (SSSR count). The summed E-state index contributed by atoms with van der Waals surface area (Å²) >= 11 is 1.23. The molecule has 3 aromatic carbocycles. The van der Waals surface area contributed by atoms with Crippen LogP contribution >= 0.6 is 17.7 Å². The van der Waals surface area contributed by atoms with E-state index >= 15 is 0 Å². The van der Waals surface area contributed by atoms with Gasteiger partial charge in [-0.1, -0.05) is 59.9 Å². The zero-order chi connectivity index (χ0) is 27.0. The largest absolute Gasteiger partial charge is 0.494 e. The highest BCUT2D eigenvalue weighted by Crippen LogP contribution is 2.70. The van der Waals surface area contributed by atoms with Crippen LogP contribution in [0, 0.1) is 0 Å². The average Bonchev–Trinajstić information content (AvgIpc) is 2.94. The first-order valence-electron chi connectivity index (χ1n) is 12.9. The molecule has 1 amide bonds. The predicted molar refractivity (Wildman–Crippen MR) is 153 cm³/mol. The van der Waals surface area contributed by atoms with E-state index in [-0.39, 0.29) is 5.78 Å². The second-order valence-electron chi connectivity index (χ2n) is 9.59. The van der Waals surface area contributed by atoms with E-state index in [0.717, 1.165) is 34.4 Å². The Hall–Kier alpha value is -2.86. The van der Waals surface area contributed by atoms with Crippen LogP contribution in [0.5, 0.6) is 5.75 Å². The number of carbonyl (C=O) groups excluding carboxylic acids is 2. The molecule has 3 aromatic rings. The van der Waals surface area contributed by atoms with E-state index in [4.69, 9.17) is 15.2 Å². The molecule has 1 atom stereocenters. The van der Waals surface area contributed by atoms with Gasteiger partial charge in [0.15, 0.2) is 12.1 Å². The molecular weight excluding hydrogens is 517 g/mol. The summed E-state index contributed by atoms with van der Waals surface area (Å²) < 4.78 is 24.9. The molecule has 0 aliphatic carbocycles. The number of primary amides is 1. The smallest absolute Gasteiger partial charge is 0.232 e. The number of ether oxygens (including phenoxy) is 2. The lowest BCUT2D eigenvalue weighted by molar-refractivity contribution is -0.122. The molecule has 38 heavy (non-hydrogen) atoms. The molecule has 1 unspecified atom stereocenters. The molecule has 6 nitrogen and oxygen atoms in total. The van der Waals surface area contributed by atoms with Crippen molar-refractivity contribution in [1.82, 2.24) is 0 Å². The standard InChI is InChI=1S/C30H34NO5PS/c1-37(34,30(29(31)33)17-20-35-21-18-30)38-27-15-13-26(14-16-27)36-19-6-5-12-28(32)25-11-7-10-24(22-25)23-8-3-2-4-9-23/h2-4,7-11,13-16,22H,5-6,12,17-21H2,1H3,(H2,31,33). The Morgan fingerprint density at radius 2 is 1.63 bits per heavy atom. The minimum Gasteiger partial charge on any atom is -0.494 e. The van der Waals surface area contributed by atoms with E-state index in [9.17, 15) is 14.2 Å². The maximum atomic E-state index is 13.6. The third kappa shape index (κ3) is 6.76. The molecule has 8 heteroatoms. The van der Waals surface area contributed by atoms with E-state index < -0.39 is 17.4 Å². The third-order valence-corrected chi connectivity index (χ3v) is 12.8. The molecule has 0 radical (unpaired) electrons. The fourth-order valence-corrected chi connectivity index (χ4v) is 9.82. The average molecular weight is 552 g/mol. The Morgan fingerprint density at radius 1 is 0.947 bits per heavy atom. The lowest BCUT2D eigenvalue weighted by Crippen LogP contribution is -2.47. The minimum absolute atomic E-state index is 0.131. The number of carbonyl (C=O) groups is 2. The van der Waals surface area contributed by atoms with Gasteiger partial charge in [0.1, 0.15) is 10.9 Å². The fraction of sp³-hybridized carbons (Fsp3) is 0.333. The monoisotopic (exact) mass is 551 g/mol. The maximum Gasteiger partial charge on any atom is 0.232 e. The number of hydrogen-bond acceptors (Lipinski definition) is 6. The number of ketones is 1. The first kappa shape index (κ1) is 28.2. The van der Waals surface area contributed by atoms with Crippen LogP contribution in [0.3, 0.4) is 0 Å². The van der Waals surface area contributed by atoms with Crippen LogP contribution in [0.2, 0.25) is 0 Å². The summed E-state index contributed by atoms with van der Waals surface area (Å²) in [6, 6.07) is 25.2. The van der Waals surface area contributed by atoms with E-state index in [1.54, 1.807) is 6.66 Å². The summed E-state index contributed by atoms with van der Waals surface area (Å²) in [7, 11) is 0. The normalized spacial score (nSPS) is 16.3. The van der Waals surface area contributed by atoms with Crippen LogP contribution in [0.1, 0.15) is 42.5 Å². The van der Waals surface area contributed by atoms with Gasteiger partial charge in [-0.25, -0.2) is 0 Å². The zero-order valence-corrected chi connectivity index (χ0v) is 23.3. The number of Topliss-reactive ketones (excluding diaryl/α,β-unsaturated/α-hetero) is 1. The van der Waals surface area contributed by atoms with Gasteiger partial charge in [-0.3, -0.25) is 9.59 Å². The van der Waals surface area contributed by atoms with Gasteiger partial charge >= 0.3 is 0 Å². The number of hydrogen-bond donors (Lipinski definition) is 1. The fourth-order valence-electron chi connectivity index (χ4n) is 4.67. The number of amides is 1. The van der Waals surface area contributed by atoms with Gasteiger partial charge < -0.3 is 19.8 Å². The summed E-state index contributed by atoms with van der Waals surface area (Å²) in [5.41, 5.74) is 8.57. The van der Waals surface area contributed by atoms with Crippen LogP contribution in [-0.2, 0) is 14.1 Å². The van der Waals surface area contributed by atoms with Gasteiger partial charge in [-0.2, -0.15) is 0 Å². The third-order valence-electron chi connectivity index (χ3n) is 7.02. The van der Waals surface area contributed by atoms with E-state index in [2.05, 4.69) is 0 Å². The van der Waals surface area contributed by atoms with Gasteiger partial charge in [-0.15, -0.1) is 0 Å². The van der Waals surface area contributed by atoms with Crippen molar-refractivity contribution in [3.05, 3.63) is 84.4 Å². The van der Waals surface area contributed by atoms with Gasteiger partial charge in [0.2, 0.25) is 5.91 Å². The second kappa shape index (κ2) is 12.8. The van der Waals surface area contributed by atoms with Crippen molar-refractivity contribution in [1.29, 1.82) is 0 Å². The van der Waals surface area contributed by atoms with Gasteiger partial charge in [0.25, 0.3) is 0 Å². The summed E-state index contributed by atoms with van der Waals surface area (Å²) in [5, 5.41) is -1.04. The number of unbranched alkanes of at least 4 members (excludes halogenated alkanes) is 1. The molecule has 1 aliphatic rings. The molecule has 0 aromatic heterocycles. The molecule has 2 N–H and O–H groups in total. The molecule has 0 bridgehead atoms. The Balaban J connectivity index is 1.23. The molecule has 1 heterocycles. The second-order valence-corrected chi connectivity index (χ2v) is 15.4. The molecule has 200 valence electrons. The lowest BCUT2D eigenvalue weighted by atomic mass is 9.98. The lowest BCUT2D eigenvalue weighted by Gasteiger charge is -2.38. The van der Waals surface area contributed by atoms with Gasteiger partial charge in [-0.05, 0) is 73.8 Å². The Bertz CT molecular complexity index is 1290. The topological polar surface area (TPSA) is 95.7 Å².